The number of carboxylic acid groups (broad SMARTS) is 1. The smallest absolute Gasteiger partial charge is 0.312 e. The van der Waals surface area contributed by atoms with E-state index in [1.807, 2.05) is 12.1 Å². The van der Waals surface area contributed by atoms with Gasteiger partial charge in [0.15, 0.2) is 11.5 Å². The van der Waals surface area contributed by atoms with Crippen molar-refractivity contribution < 1.29 is 24.2 Å². The van der Waals surface area contributed by atoms with Crippen molar-refractivity contribution >= 4 is 23.6 Å². The van der Waals surface area contributed by atoms with Crippen LogP contribution in [0, 0.1) is 0 Å². The molecule has 1 saturated heterocycles. The molecular formula is C16H19NO5S. The lowest BCUT2D eigenvalue weighted by Gasteiger charge is -2.23. The second kappa shape index (κ2) is 8.47. The summed E-state index contributed by atoms with van der Waals surface area (Å²) in [5.74, 6) is 0.474. The van der Waals surface area contributed by atoms with Crippen molar-refractivity contribution in [3.63, 3.8) is 0 Å². The van der Waals surface area contributed by atoms with Gasteiger partial charge in [0.05, 0.1) is 0 Å². The summed E-state index contributed by atoms with van der Waals surface area (Å²) in [5.41, 5.74) is 0. The van der Waals surface area contributed by atoms with Crippen molar-refractivity contribution in [3.05, 3.63) is 36.9 Å². The van der Waals surface area contributed by atoms with E-state index >= 15 is 0 Å². The Labute approximate surface area is 139 Å². The van der Waals surface area contributed by atoms with Crippen molar-refractivity contribution in [1.82, 2.24) is 4.90 Å². The maximum absolute atomic E-state index is 11.9. The number of thioether (sulfide) groups is 1. The second-order valence-corrected chi connectivity index (χ2v) is 6.13. The molecule has 0 saturated carbocycles. The number of rotatable bonds is 8. The van der Waals surface area contributed by atoms with Crippen molar-refractivity contribution in [2.24, 2.45) is 0 Å². The highest BCUT2D eigenvalue weighted by Crippen LogP contribution is 2.29. The fourth-order valence-electron chi connectivity index (χ4n) is 2.17. The van der Waals surface area contributed by atoms with Crippen LogP contribution in [0.25, 0.3) is 0 Å². The summed E-state index contributed by atoms with van der Waals surface area (Å²) in [6, 6.07) is 7.28. The van der Waals surface area contributed by atoms with Crippen LogP contribution in [0.2, 0.25) is 0 Å². The largest absolute Gasteiger partial charge is 0.487 e. The molecule has 1 fully saturated rings. The van der Waals surface area contributed by atoms with E-state index in [-0.39, 0.29) is 17.9 Å². The van der Waals surface area contributed by atoms with Crippen LogP contribution in [0.15, 0.2) is 36.9 Å². The summed E-state index contributed by atoms with van der Waals surface area (Å²) in [5, 5.41) is 8.56. The molecule has 0 spiro atoms. The maximum Gasteiger partial charge on any atom is 0.312 e. The van der Waals surface area contributed by atoms with Crippen LogP contribution in [0.5, 0.6) is 11.5 Å². The van der Waals surface area contributed by atoms with Gasteiger partial charge in [0, 0.05) is 12.3 Å². The van der Waals surface area contributed by atoms with E-state index in [0.717, 1.165) is 5.75 Å². The van der Waals surface area contributed by atoms with Gasteiger partial charge in [0.1, 0.15) is 25.0 Å². The normalized spacial score (nSPS) is 16.9. The minimum absolute atomic E-state index is 0.186. The lowest BCUT2D eigenvalue weighted by molar-refractivity contribution is -0.144. The van der Waals surface area contributed by atoms with Gasteiger partial charge in [-0.15, -0.1) is 11.8 Å². The van der Waals surface area contributed by atoms with E-state index in [1.165, 1.54) is 0 Å². The first kappa shape index (κ1) is 17.2. The van der Waals surface area contributed by atoms with Crippen molar-refractivity contribution in [1.29, 1.82) is 0 Å². The predicted octanol–water partition coefficient (Wildman–Crippen LogP) is 2.01. The summed E-state index contributed by atoms with van der Waals surface area (Å²) in [7, 11) is 0. The van der Waals surface area contributed by atoms with E-state index in [2.05, 4.69) is 6.58 Å². The molecule has 1 amide bonds. The first-order valence-electron chi connectivity index (χ1n) is 7.20. The summed E-state index contributed by atoms with van der Waals surface area (Å²) in [6.07, 6.45) is 1.16. The van der Waals surface area contributed by atoms with E-state index in [0.29, 0.717) is 24.7 Å². The molecule has 1 aromatic rings. The van der Waals surface area contributed by atoms with Crippen LogP contribution in [0.1, 0.15) is 6.42 Å². The molecule has 1 N–H and O–H groups in total. The average Bonchev–Trinajstić information content (AvgIpc) is 2.99. The van der Waals surface area contributed by atoms with Crippen molar-refractivity contribution in [2.45, 2.75) is 11.8 Å². The third kappa shape index (κ3) is 4.92. The lowest BCUT2D eigenvalue weighted by Crippen LogP contribution is -2.39. The first-order valence-corrected chi connectivity index (χ1v) is 8.25. The molecule has 1 atom stereocenters. The Bertz CT molecular complexity index is 577. The van der Waals surface area contributed by atoms with Gasteiger partial charge in [-0.3, -0.25) is 9.59 Å². The van der Waals surface area contributed by atoms with Gasteiger partial charge in [0.25, 0.3) is 0 Å². The molecule has 23 heavy (non-hydrogen) atoms. The fourth-order valence-corrected chi connectivity index (χ4v) is 3.32. The van der Waals surface area contributed by atoms with Gasteiger partial charge in [-0.2, -0.15) is 0 Å². The number of nitrogens with zero attached hydrogens (tertiary/aromatic N) is 1. The number of ether oxygens (including phenoxy) is 2. The third-order valence-corrected chi connectivity index (χ3v) is 4.39. The average molecular weight is 337 g/mol. The number of para-hydroxylation sites is 2. The molecule has 1 heterocycles. The van der Waals surface area contributed by atoms with Gasteiger partial charge in [-0.1, -0.05) is 24.8 Å². The minimum atomic E-state index is -1.12. The van der Waals surface area contributed by atoms with Gasteiger partial charge in [-0.25, -0.2) is 0 Å². The number of aliphatic carboxylic acids is 1. The molecule has 7 heteroatoms. The van der Waals surface area contributed by atoms with Gasteiger partial charge < -0.3 is 19.5 Å². The second-order valence-electron chi connectivity index (χ2n) is 4.84. The van der Waals surface area contributed by atoms with Gasteiger partial charge in [-0.05, 0) is 12.1 Å². The third-order valence-electron chi connectivity index (χ3n) is 3.20. The zero-order chi connectivity index (χ0) is 16.7. The summed E-state index contributed by atoms with van der Waals surface area (Å²) in [4.78, 5) is 24.2. The number of carbonyl (C=O) groups excluding carboxylic acids is 1. The highest BCUT2D eigenvalue weighted by molar-refractivity contribution is 8.00. The minimum Gasteiger partial charge on any atom is -0.487 e. The lowest BCUT2D eigenvalue weighted by atomic mass is 10.3. The van der Waals surface area contributed by atoms with E-state index in [9.17, 15) is 9.59 Å². The standard InChI is InChI=1S/C16H19NO5S/c1-2-8-21-12-5-3-4-6-13(12)22-11-15-17(7-9-23-15)14(18)10-16(19)20/h2-6,15H,1,7-11H2,(H,19,20)/t15-/m0/s1. The highest BCUT2D eigenvalue weighted by Gasteiger charge is 2.31. The molecule has 2 rings (SSSR count). The summed E-state index contributed by atoms with van der Waals surface area (Å²) >= 11 is 1.58. The molecule has 0 aliphatic carbocycles. The maximum atomic E-state index is 11.9. The topological polar surface area (TPSA) is 76.1 Å². The SMILES string of the molecule is C=CCOc1ccccc1OC[C@@H]1SCCN1C(=O)CC(=O)O. The van der Waals surface area contributed by atoms with Crippen LogP contribution < -0.4 is 9.47 Å². The highest BCUT2D eigenvalue weighted by atomic mass is 32.2. The fraction of sp³-hybridized carbons (Fsp3) is 0.375. The molecular weight excluding hydrogens is 318 g/mol. The number of carbonyl (C=O) groups is 2. The number of benzene rings is 1. The molecule has 0 unspecified atom stereocenters. The zero-order valence-electron chi connectivity index (χ0n) is 12.6. The molecule has 0 bridgehead atoms. The molecule has 6 nitrogen and oxygen atoms in total. The number of hydrogen-bond acceptors (Lipinski definition) is 5. The Morgan fingerprint density at radius 3 is 2.70 bits per heavy atom. The summed E-state index contributed by atoms with van der Waals surface area (Å²) < 4.78 is 11.3. The number of amides is 1. The number of carboxylic acids is 1. The molecule has 1 aliphatic heterocycles. The molecule has 0 aromatic heterocycles. The molecule has 124 valence electrons. The van der Waals surface area contributed by atoms with Crippen molar-refractivity contribution in [3.8, 4) is 11.5 Å². The molecule has 0 radical (unpaired) electrons. The van der Waals surface area contributed by atoms with Crippen LogP contribution in [-0.4, -0.2) is 52.8 Å². The van der Waals surface area contributed by atoms with E-state index < -0.39 is 12.4 Å². The molecule has 1 aromatic carbocycles. The Balaban J connectivity index is 1.95. The zero-order valence-corrected chi connectivity index (χ0v) is 13.5. The van der Waals surface area contributed by atoms with Crippen molar-refractivity contribution in [2.75, 3.05) is 25.5 Å². The summed E-state index contributed by atoms with van der Waals surface area (Å²) in [6.45, 7) is 4.81. The van der Waals surface area contributed by atoms with Crippen LogP contribution >= 0.6 is 11.8 Å². The van der Waals surface area contributed by atoms with E-state index in [1.54, 1.807) is 34.9 Å². The van der Waals surface area contributed by atoms with Gasteiger partial charge in [0.2, 0.25) is 5.91 Å². The number of hydrogen-bond donors (Lipinski definition) is 1. The molecule has 1 aliphatic rings. The van der Waals surface area contributed by atoms with Crippen LogP contribution in [0.3, 0.4) is 0 Å². The Morgan fingerprint density at radius 1 is 1.35 bits per heavy atom. The van der Waals surface area contributed by atoms with Gasteiger partial charge >= 0.3 is 5.97 Å². The Morgan fingerprint density at radius 2 is 2.04 bits per heavy atom. The Kier molecular flexibility index (Phi) is 6.34. The quantitative estimate of drug-likeness (QED) is 0.578. The Hall–Kier alpha value is -2.15. The monoisotopic (exact) mass is 337 g/mol. The van der Waals surface area contributed by atoms with E-state index in [4.69, 9.17) is 14.6 Å². The van der Waals surface area contributed by atoms with Crippen LogP contribution in [0.4, 0.5) is 0 Å². The predicted molar refractivity (Wildman–Crippen MR) is 87.8 cm³/mol. The first-order chi connectivity index (χ1) is 11.1. The van der Waals surface area contributed by atoms with Crippen LogP contribution in [-0.2, 0) is 9.59 Å².